The minimum atomic E-state index is -0.633. The molecule has 0 aliphatic rings. The van der Waals surface area contributed by atoms with E-state index in [2.05, 4.69) is 52.2 Å². The van der Waals surface area contributed by atoms with Gasteiger partial charge in [-0.1, -0.05) is 133 Å². The fraction of sp³-hybridized carbons (Fsp3) is 0.639. The first-order valence-electron chi connectivity index (χ1n) is 16.2. The number of esters is 1. The van der Waals surface area contributed by atoms with Crippen LogP contribution in [-0.4, -0.2) is 36.9 Å². The van der Waals surface area contributed by atoms with Gasteiger partial charge >= 0.3 is 5.97 Å². The number of hydrogen-bond acceptors (Lipinski definition) is 3. The number of aryl methyl sites for hydroxylation is 1. The maximum Gasteiger partial charge on any atom is 0.368 e. The highest BCUT2D eigenvalue weighted by atomic mass is 16.7. The molecule has 0 spiro atoms. The minimum absolute atomic E-state index is 0.186. The zero-order valence-electron chi connectivity index (χ0n) is 26.3. The van der Waals surface area contributed by atoms with Crippen LogP contribution in [0, 0.1) is 0 Å². The monoisotopic (exact) mass is 552 g/mol. The van der Waals surface area contributed by atoms with E-state index in [1.807, 2.05) is 37.3 Å². The third kappa shape index (κ3) is 13.4. The van der Waals surface area contributed by atoms with E-state index < -0.39 is 6.29 Å². The van der Waals surface area contributed by atoms with Crippen molar-refractivity contribution in [3.05, 3.63) is 65.7 Å². The first-order valence-corrected chi connectivity index (χ1v) is 16.2. The molecule has 0 N–H and O–H groups in total. The molecule has 0 aliphatic carbocycles. The number of benzene rings is 2. The van der Waals surface area contributed by atoms with E-state index in [9.17, 15) is 4.79 Å². The Hall–Kier alpha value is -2.33. The number of quaternary nitrogens is 1. The van der Waals surface area contributed by atoms with E-state index in [1.54, 1.807) is 0 Å². The van der Waals surface area contributed by atoms with Crippen molar-refractivity contribution < 1.29 is 18.8 Å². The van der Waals surface area contributed by atoms with E-state index in [-0.39, 0.29) is 12.0 Å². The number of carbonyl (C=O) groups is 1. The van der Waals surface area contributed by atoms with Crippen LogP contribution in [0.2, 0.25) is 0 Å². The Morgan fingerprint density at radius 3 is 1.88 bits per heavy atom. The van der Waals surface area contributed by atoms with Crippen LogP contribution >= 0.6 is 0 Å². The lowest BCUT2D eigenvalue weighted by molar-refractivity contribution is -0.920. The Bertz CT molecular complexity index is 927. The van der Waals surface area contributed by atoms with Crippen molar-refractivity contribution in [1.29, 1.82) is 0 Å². The first kappa shape index (κ1) is 33.9. The van der Waals surface area contributed by atoms with Crippen molar-refractivity contribution in [2.75, 3.05) is 14.1 Å². The van der Waals surface area contributed by atoms with Crippen molar-refractivity contribution in [3.63, 3.8) is 0 Å². The number of hydrogen-bond donors (Lipinski definition) is 0. The van der Waals surface area contributed by atoms with E-state index in [0.29, 0.717) is 4.48 Å². The van der Waals surface area contributed by atoms with Crippen LogP contribution in [0.1, 0.15) is 122 Å². The normalized spacial score (nSPS) is 13.1. The lowest BCUT2D eigenvalue weighted by atomic mass is 10.0. The first-order chi connectivity index (χ1) is 19.4. The topological polar surface area (TPSA) is 35.5 Å². The lowest BCUT2D eigenvalue weighted by Gasteiger charge is -2.37. The summed E-state index contributed by atoms with van der Waals surface area (Å²) in [6, 6.07) is 18.3. The van der Waals surface area contributed by atoms with Gasteiger partial charge in [-0.2, -0.15) is 0 Å². The molecule has 2 unspecified atom stereocenters. The number of unbranched alkanes of at least 4 members (excludes halogenated alkanes) is 11. The molecule has 2 atom stereocenters. The number of likely N-dealkylation sites (N-methyl/N-ethyl adjacent to an activating group) is 1. The van der Waals surface area contributed by atoms with E-state index in [4.69, 9.17) is 9.47 Å². The molecule has 0 radical (unpaired) electrons. The Morgan fingerprint density at radius 1 is 0.725 bits per heavy atom. The Kier molecular flexibility index (Phi) is 16.7. The minimum Gasteiger partial charge on any atom is -0.455 e. The van der Waals surface area contributed by atoms with E-state index in [1.165, 1.54) is 81.8 Å². The molecule has 40 heavy (non-hydrogen) atoms. The molecule has 0 aromatic heterocycles. The van der Waals surface area contributed by atoms with Gasteiger partial charge in [0, 0.05) is 18.9 Å². The van der Waals surface area contributed by atoms with Gasteiger partial charge in [0.2, 0.25) is 6.29 Å². The van der Waals surface area contributed by atoms with Crippen LogP contribution in [-0.2, 0) is 22.5 Å². The molecule has 2 aromatic rings. The molecule has 224 valence electrons. The third-order valence-corrected chi connectivity index (χ3v) is 7.96. The molecule has 0 amide bonds. The zero-order valence-corrected chi connectivity index (χ0v) is 26.3. The van der Waals surface area contributed by atoms with Gasteiger partial charge in [-0.15, -0.1) is 0 Å². The molecule has 0 saturated carbocycles. The van der Waals surface area contributed by atoms with Crippen LogP contribution in [0.25, 0.3) is 0 Å². The standard InChI is InChI=1S/C36H58NO3/c1-6-8-9-10-11-12-13-14-15-16-17-21-27-33-28-22-23-29-35(33)39-31(3)40-36(38)34(24-7-2)37(4,5)30-32-25-19-18-20-26-32/h18-20,22-23,25-26,28-29,31,34H,6-17,21,24,27,30H2,1-5H3/q+1. The average molecular weight is 553 g/mol. The molecule has 0 bridgehead atoms. The fourth-order valence-corrected chi connectivity index (χ4v) is 5.62. The van der Waals surface area contributed by atoms with Gasteiger partial charge < -0.3 is 14.0 Å². The van der Waals surface area contributed by atoms with Crippen molar-refractivity contribution in [2.24, 2.45) is 0 Å². The fourth-order valence-electron chi connectivity index (χ4n) is 5.62. The van der Waals surface area contributed by atoms with E-state index >= 15 is 0 Å². The Balaban J connectivity index is 1.77. The highest BCUT2D eigenvalue weighted by molar-refractivity contribution is 5.74. The number of nitrogens with zero attached hydrogens (tertiary/aromatic N) is 1. The number of carbonyl (C=O) groups excluding carboxylic acids is 1. The van der Waals surface area contributed by atoms with Gasteiger partial charge in [-0.05, 0) is 30.9 Å². The number of rotatable bonds is 22. The summed E-state index contributed by atoms with van der Waals surface area (Å²) in [5, 5.41) is 0. The Labute approximate surface area is 246 Å². The quantitative estimate of drug-likeness (QED) is 0.0631. The molecule has 2 rings (SSSR count). The highest BCUT2D eigenvalue weighted by Gasteiger charge is 2.36. The summed E-state index contributed by atoms with van der Waals surface area (Å²) in [5.41, 5.74) is 2.42. The molecule has 0 fully saturated rings. The number of ether oxygens (including phenoxy) is 2. The van der Waals surface area contributed by atoms with Crippen LogP contribution in [0.3, 0.4) is 0 Å². The maximum absolute atomic E-state index is 13.3. The van der Waals surface area contributed by atoms with Crippen LogP contribution < -0.4 is 4.74 Å². The second-order valence-electron chi connectivity index (χ2n) is 12.1. The molecule has 2 aromatic carbocycles. The SMILES string of the molecule is CCCCCCCCCCCCCCc1ccccc1OC(C)OC(=O)C(CCC)[N+](C)(C)Cc1ccccc1. The van der Waals surface area contributed by atoms with Crippen molar-refractivity contribution in [3.8, 4) is 5.75 Å². The zero-order chi connectivity index (χ0) is 29.1. The van der Waals surface area contributed by atoms with Gasteiger partial charge in [0.1, 0.15) is 12.3 Å². The van der Waals surface area contributed by atoms with Gasteiger partial charge in [-0.25, -0.2) is 4.79 Å². The summed E-state index contributed by atoms with van der Waals surface area (Å²) in [7, 11) is 4.23. The van der Waals surface area contributed by atoms with Gasteiger partial charge in [-0.3, -0.25) is 0 Å². The largest absolute Gasteiger partial charge is 0.455 e. The molecule has 0 aliphatic heterocycles. The van der Waals surface area contributed by atoms with Crippen LogP contribution in [0.5, 0.6) is 5.75 Å². The molecule has 4 heteroatoms. The lowest BCUT2D eigenvalue weighted by Crippen LogP contribution is -2.53. The van der Waals surface area contributed by atoms with Crippen LogP contribution in [0.15, 0.2) is 54.6 Å². The van der Waals surface area contributed by atoms with Gasteiger partial charge in [0.25, 0.3) is 0 Å². The summed E-state index contributed by atoms with van der Waals surface area (Å²) in [4.78, 5) is 13.3. The predicted molar refractivity (Wildman–Crippen MR) is 168 cm³/mol. The smallest absolute Gasteiger partial charge is 0.368 e. The molecular formula is C36H58NO3+. The van der Waals surface area contributed by atoms with Crippen molar-refractivity contribution in [2.45, 2.75) is 136 Å². The second kappa shape index (κ2) is 19.7. The highest BCUT2D eigenvalue weighted by Crippen LogP contribution is 2.24. The summed E-state index contributed by atoms with van der Waals surface area (Å²) in [6.07, 6.45) is 18.3. The van der Waals surface area contributed by atoms with Gasteiger partial charge in [0.15, 0.2) is 6.04 Å². The summed E-state index contributed by atoms with van der Waals surface area (Å²) in [5.74, 6) is 0.643. The molecular weight excluding hydrogens is 494 g/mol. The average Bonchev–Trinajstić information content (AvgIpc) is 2.93. The molecule has 0 saturated heterocycles. The second-order valence-corrected chi connectivity index (χ2v) is 12.1. The number of para-hydroxylation sites is 1. The summed E-state index contributed by atoms with van der Waals surface area (Å²) in [6.45, 7) is 7.01. The third-order valence-electron chi connectivity index (χ3n) is 7.96. The Morgan fingerprint density at radius 2 is 1.27 bits per heavy atom. The predicted octanol–water partition coefficient (Wildman–Crippen LogP) is 9.64. The van der Waals surface area contributed by atoms with Crippen molar-refractivity contribution >= 4 is 5.97 Å². The maximum atomic E-state index is 13.3. The molecule has 4 nitrogen and oxygen atoms in total. The van der Waals surface area contributed by atoms with Gasteiger partial charge in [0.05, 0.1) is 14.1 Å². The van der Waals surface area contributed by atoms with Crippen LogP contribution in [0.4, 0.5) is 0 Å². The summed E-state index contributed by atoms with van der Waals surface area (Å²) < 4.78 is 12.6. The van der Waals surface area contributed by atoms with Crippen molar-refractivity contribution in [1.82, 2.24) is 0 Å². The molecule has 0 heterocycles. The summed E-state index contributed by atoms with van der Waals surface area (Å²) >= 11 is 0. The van der Waals surface area contributed by atoms with E-state index in [0.717, 1.165) is 38.0 Å².